The van der Waals surface area contributed by atoms with Gasteiger partial charge in [-0.05, 0) is 19.3 Å². The van der Waals surface area contributed by atoms with Gasteiger partial charge in [-0.1, -0.05) is 0 Å². The molecule has 0 aromatic rings. The minimum Gasteiger partial charge on any atom is -0.480 e. The Morgan fingerprint density at radius 3 is 1.57 bits per heavy atom. The molecule has 0 aromatic carbocycles. The minimum atomic E-state index is -1.39. The van der Waals surface area contributed by atoms with Crippen molar-refractivity contribution in [2.75, 3.05) is 47.2 Å². The molecule has 28 heavy (non-hydrogen) atoms. The monoisotopic (exact) mass is 564 g/mol. The molecular weight excluding hydrogens is 534 g/mol. The topological polar surface area (TPSA) is 195 Å². The van der Waals surface area contributed by atoms with Crippen LogP contribution >= 0.6 is 0 Å². The predicted octanol–water partition coefficient (Wildman–Crippen LogP) is -0.610. The smallest absolute Gasteiger partial charge is 0.405 e. The van der Waals surface area contributed by atoms with Crippen LogP contribution in [0.25, 0.3) is 0 Å². The number of aliphatic hydroxyl groups is 2. The first-order chi connectivity index (χ1) is 12.3. The number of nitrogens with one attached hydrogen (secondary N) is 2. The van der Waals surface area contributed by atoms with Crippen molar-refractivity contribution in [2.24, 2.45) is 0 Å². The average Bonchev–Trinajstić information content (AvgIpc) is 2.55. The van der Waals surface area contributed by atoms with E-state index >= 15 is 0 Å². The van der Waals surface area contributed by atoms with Gasteiger partial charge in [0, 0.05) is 86.2 Å². The third kappa shape index (κ3) is 40.7. The molecular formula is C14H30N2O10Y2. The number of hydrogen-bond acceptors (Lipinski definition) is 7. The number of methoxy groups -OCH3 is 2. The molecule has 0 saturated heterocycles. The summed E-state index contributed by atoms with van der Waals surface area (Å²) in [6.07, 6.45) is -1.54. The van der Waals surface area contributed by atoms with Crippen LogP contribution in [-0.4, -0.2) is 96.9 Å². The third-order valence-corrected chi connectivity index (χ3v) is 2.38. The van der Waals surface area contributed by atoms with Gasteiger partial charge in [0.25, 0.3) is 0 Å². The van der Waals surface area contributed by atoms with Gasteiger partial charge in [0.1, 0.15) is 6.04 Å². The number of rotatable bonds is 11. The first kappa shape index (κ1) is 38.6. The van der Waals surface area contributed by atoms with Crippen molar-refractivity contribution in [1.82, 2.24) is 10.6 Å². The van der Waals surface area contributed by atoms with Gasteiger partial charge < -0.3 is 45.6 Å². The number of carbonyl (C=O) groups is 3. The zero-order valence-corrected chi connectivity index (χ0v) is 21.8. The summed E-state index contributed by atoms with van der Waals surface area (Å²) in [7, 11) is 3.10. The van der Waals surface area contributed by atoms with Crippen molar-refractivity contribution in [3.8, 4) is 0 Å². The molecule has 2 amide bonds. The Balaban J connectivity index is -0.000000122. The standard InChI is InChI=1S/C8H14N2O6.2C3H8O2.2Y/c11-6(12)5(10-8(15)16)3-1-2-4-9-7(13)14;2*1-5-3-2-4;;/h5,9-10H,1-4H2,(H,11,12)(H,13,14)(H,15,16);2*4H,2-3H2,1H3;;. The van der Waals surface area contributed by atoms with Crippen LogP contribution < -0.4 is 10.6 Å². The predicted molar refractivity (Wildman–Crippen MR) is 90.4 cm³/mol. The van der Waals surface area contributed by atoms with E-state index in [0.29, 0.717) is 26.1 Å². The van der Waals surface area contributed by atoms with Gasteiger partial charge in [0.05, 0.1) is 26.4 Å². The number of hydrogen-bond donors (Lipinski definition) is 7. The molecule has 14 heteroatoms. The van der Waals surface area contributed by atoms with Crippen molar-refractivity contribution < 1.29 is 115 Å². The molecule has 0 aliphatic rings. The zero-order valence-electron chi connectivity index (χ0n) is 16.2. The second-order valence-corrected chi connectivity index (χ2v) is 4.50. The Hall–Kier alpha value is 0.0578. The second-order valence-electron chi connectivity index (χ2n) is 4.50. The van der Waals surface area contributed by atoms with Crippen LogP contribution in [0.3, 0.4) is 0 Å². The summed E-state index contributed by atoms with van der Waals surface area (Å²) < 4.78 is 8.88. The Labute approximate surface area is 214 Å². The fraction of sp³-hybridized carbons (Fsp3) is 0.786. The molecule has 12 nitrogen and oxygen atoms in total. The number of amides is 2. The van der Waals surface area contributed by atoms with E-state index in [1.54, 1.807) is 14.2 Å². The second kappa shape index (κ2) is 31.7. The molecule has 1 unspecified atom stereocenters. The Bertz CT molecular complexity index is 355. The van der Waals surface area contributed by atoms with Crippen molar-refractivity contribution >= 4 is 18.2 Å². The van der Waals surface area contributed by atoms with Crippen molar-refractivity contribution in [3.63, 3.8) is 0 Å². The van der Waals surface area contributed by atoms with Gasteiger partial charge >= 0.3 is 18.2 Å². The number of carboxylic acid groups (broad SMARTS) is 3. The van der Waals surface area contributed by atoms with E-state index in [9.17, 15) is 14.4 Å². The number of ether oxygens (including phenoxy) is 2. The fourth-order valence-corrected chi connectivity index (χ4v) is 1.26. The molecule has 1 atom stereocenters. The van der Waals surface area contributed by atoms with Crippen LogP contribution in [0.2, 0.25) is 0 Å². The van der Waals surface area contributed by atoms with Gasteiger partial charge in [-0.15, -0.1) is 0 Å². The largest absolute Gasteiger partial charge is 0.480 e. The molecule has 0 saturated carbocycles. The molecule has 2 radical (unpaired) electrons. The first-order valence-corrected chi connectivity index (χ1v) is 7.65. The van der Waals surface area contributed by atoms with Crippen molar-refractivity contribution in [1.29, 1.82) is 0 Å². The summed E-state index contributed by atoms with van der Waals surface area (Å²) in [6, 6.07) is -1.15. The van der Waals surface area contributed by atoms with Crippen LogP contribution in [0, 0.1) is 0 Å². The quantitative estimate of drug-likeness (QED) is 0.159. The van der Waals surface area contributed by atoms with E-state index in [0.717, 1.165) is 0 Å². The van der Waals surface area contributed by atoms with Crippen LogP contribution in [0.1, 0.15) is 19.3 Å². The van der Waals surface area contributed by atoms with Gasteiger partial charge in [0.2, 0.25) is 0 Å². The molecule has 0 spiro atoms. The molecule has 7 N–H and O–H groups in total. The molecule has 0 aliphatic carbocycles. The number of carboxylic acids is 1. The molecule has 0 fully saturated rings. The molecule has 162 valence electrons. The maximum Gasteiger partial charge on any atom is 0.405 e. The van der Waals surface area contributed by atoms with Crippen molar-refractivity contribution in [2.45, 2.75) is 25.3 Å². The Morgan fingerprint density at radius 1 is 0.857 bits per heavy atom. The van der Waals surface area contributed by atoms with E-state index < -0.39 is 24.2 Å². The van der Waals surface area contributed by atoms with Crippen LogP contribution in [0.5, 0.6) is 0 Å². The van der Waals surface area contributed by atoms with Gasteiger partial charge in [-0.3, -0.25) is 0 Å². The average molecular weight is 564 g/mol. The van der Waals surface area contributed by atoms with E-state index in [4.69, 9.17) is 25.5 Å². The summed E-state index contributed by atoms with van der Waals surface area (Å²) >= 11 is 0. The normalized spacial score (nSPS) is 9.57. The molecule has 0 heterocycles. The summed E-state index contributed by atoms with van der Waals surface area (Å²) in [5, 5.41) is 45.1. The van der Waals surface area contributed by atoms with Gasteiger partial charge in [-0.25, -0.2) is 14.4 Å². The molecule has 0 rings (SSSR count). The Kier molecular flexibility index (Phi) is 43.8. The molecule has 0 aliphatic heterocycles. The number of aliphatic hydroxyl groups excluding tert-OH is 2. The van der Waals surface area contributed by atoms with E-state index in [1.807, 2.05) is 5.32 Å². The third-order valence-electron chi connectivity index (χ3n) is 2.38. The maximum atomic E-state index is 10.6. The van der Waals surface area contributed by atoms with E-state index in [2.05, 4.69) is 14.8 Å². The fourth-order valence-electron chi connectivity index (χ4n) is 1.26. The van der Waals surface area contributed by atoms with Crippen LogP contribution in [0.15, 0.2) is 0 Å². The maximum absolute atomic E-state index is 10.6. The first-order valence-electron chi connectivity index (χ1n) is 7.65. The minimum absolute atomic E-state index is 0. The zero-order chi connectivity index (χ0) is 20.8. The number of unbranched alkanes of at least 4 members (excludes halogenated alkanes) is 1. The molecule has 0 aromatic heterocycles. The Morgan fingerprint density at radius 2 is 1.32 bits per heavy atom. The van der Waals surface area contributed by atoms with Gasteiger partial charge in [0.15, 0.2) is 0 Å². The summed E-state index contributed by atoms with van der Waals surface area (Å²) in [5.41, 5.74) is 0. The molecule has 0 bridgehead atoms. The van der Waals surface area contributed by atoms with Gasteiger partial charge in [-0.2, -0.15) is 0 Å². The van der Waals surface area contributed by atoms with Crippen LogP contribution in [0.4, 0.5) is 9.59 Å². The van der Waals surface area contributed by atoms with E-state index in [-0.39, 0.29) is 91.6 Å². The SMILES string of the molecule is COCCO.COCCO.O=C(O)NCCCCC(NC(=O)O)C(=O)O.[Y].[Y]. The van der Waals surface area contributed by atoms with Crippen LogP contribution in [-0.2, 0) is 79.7 Å². The summed E-state index contributed by atoms with van der Waals surface area (Å²) in [6.45, 7) is 1.35. The van der Waals surface area contributed by atoms with E-state index in [1.165, 1.54) is 0 Å². The number of aliphatic carboxylic acids is 1. The van der Waals surface area contributed by atoms with Crippen molar-refractivity contribution in [3.05, 3.63) is 0 Å². The summed E-state index contributed by atoms with van der Waals surface area (Å²) in [5.74, 6) is -1.24. The summed E-state index contributed by atoms with van der Waals surface area (Å²) in [4.78, 5) is 30.9.